The molecule has 3 heteroatoms. The number of benzene rings is 1. The van der Waals surface area contributed by atoms with E-state index in [0.717, 1.165) is 38.3 Å². The van der Waals surface area contributed by atoms with Crippen LogP contribution in [0.4, 0.5) is 10.1 Å². The quantitative estimate of drug-likeness (QED) is 0.850. The molecule has 0 amide bonds. The number of rotatable bonds is 3. The standard InChI is InChI=1S/C13H18FNO/c1-13(6-8-16-9-7-13)10-15-12-4-2-11(14)3-5-12/h2-5,15H,6-10H2,1H3. The molecular weight excluding hydrogens is 205 g/mol. The van der Waals surface area contributed by atoms with Crippen LogP contribution in [0, 0.1) is 11.2 Å². The Balaban J connectivity index is 1.88. The van der Waals surface area contributed by atoms with Gasteiger partial charge in [-0.25, -0.2) is 4.39 Å². The van der Waals surface area contributed by atoms with Crippen molar-refractivity contribution in [2.45, 2.75) is 19.8 Å². The first-order chi connectivity index (χ1) is 7.68. The number of hydrogen-bond donors (Lipinski definition) is 1. The third kappa shape index (κ3) is 2.95. The third-order valence-electron chi connectivity index (χ3n) is 3.26. The van der Waals surface area contributed by atoms with Crippen LogP contribution in [0.25, 0.3) is 0 Å². The Kier molecular flexibility index (Phi) is 3.44. The van der Waals surface area contributed by atoms with Gasteiger partial charge >= 0.3 is 0 Å². The topological polar surface area (TPSA) is 21.3 Å². The molecule has 1 N–H and O–H groups in total. The molecular formula is C13H18FNO. The summed E-state index contributed by atoms with van der Waals surface area (Å²) in [6.07, 6.45) is 2.17. The van der Waals surface area contributed by atoms with Crippen LogP contribution in [0.5, 0.6) is 0 Å². The predicted molar refractivity (Wildman–Crippen MR) is 63.0 cm³/mol. The molecule has 0 aromatic heterocycles. The second kappa shape index (κ2) is 4.83. The van der Waals surface area contributed by atoms with Crippen molar-refractivity contribution in [3.8, 4) is 0 Å². The summed E-state index contributed by atoms with van der Waals surface area (Å²) in [5, 5.41) is 3.36. The molecule has 2 nitrogen and oxygen atoms in total. The number of halogens is 1. The van der Waals surface area contributed by atoms with Crippen LogP contribution in [0.1, 0.15) is 19.8 Å². The maximum absolute atomic E-state index is 12.7. The lowest BCUT2D eigenvalue weighted by Crippen LogP contribution is -2.33. The van der Waals surface area contributed by atoms with Crippen molar-refractivity contribution in [2.24, 2.45) is 5.41 Å². The SMILES string of the molecule is CC1(CNc2ccc(F)cc2)CCOCC1. The normalized spacial score (nSPS) is 19.4. The molecule has 0 radical (unpaired) electrons. The maximum Gasteiger partial charge on any atom is 0.123 e. The largest absolute Gasteiger partial charge is 0.384 e. The second-order valence-electron chi connectivity index (χ2n) is 4.78. The molecule has 88 valence electrons. The highest BCUT2D eigenvalue weighted by Gasteiger charge is 2.26. The Bertz CT molecular complexity index is 330. The lowest BCUT2D eigenvalue weighted by atomic mass is 9.82. The molecule has 0 saturated carbocycles. The summed E-state index contributed by atoms with van der Waals surface area (Å²) in [5.74, 6) is -0.192. The van der Waals surface area contributed by atoms with E-state index in [1.807, 2.05) is 0 Å². The highest BCUT2D eigenvalue weighted by Crippen LogP contribution is 2.29. The Morgan fingerprint density at radius 3 is 2.50 bits per heavy atom. The molecule has 1 aliphatic heterocycles. The van der Waals surface area contributed by atoms with Crippen molar-refractivity contribution in [3.63, 3.8) is 0 Å². The molecule has 1 aromatic rings. The minimum atomic E-state index is -0.192. The van der Waals surface area contributed by atoms with Crippen LogP contribution in [-0.4, -0.2) is 19.8 Å². The summed E-state index contributed by atoms with van der Waals surface area (Å²) in [6, 6.07) is 6.51. The average Bonchev–Trinajstić information content (AvgIpc) is 2.29. The zero-order valence-electron chi connectivity index (χ0n) is 9.63. The van der Waals surface area contributed by atoms with E-state index in [1.165, 1.54) is 12.1 Å². The van der Waals surface area contributed by atoms with Crippen LogP contribution >= 0.6 is 0 Å². The van der Waals surface area contributed by atoms with Gasteiger partial charge in [-0.05, 0) is 42.5 Å². The third-order valence-corrected chi connectivity index (χ3v) is 3.26. The van der Waals surface area contributed by atoms with Crippen molar-refractivity contribution in [1.82, 2.24) is 0 Å². The van der Waals surface area contributed by atoms with Gasteiger partial charge in [0.25, 0.3) is 0 Å². The highest BCUT2D eigenvalue weighted by molar-refractivity contribution is 5.42. The van der Waals surface area contributed by atoms with E-state index >= 15 is 0 Å². The lowest BCUT2D eigenvalue weighted by molar-refractivity contribution is 0.0300. The van der Waals surface area contributed by atoms with Gasteiger partial charge in [0.15, 0.2) is 0 Å². The zero-order valence-corrected chi connectivity index (χ0v) is 9.63. The van der Waals surface area contributed by atoms with Crippen LogP contribution in [0.15, 0.2) is 24.3 Å². The van der Waals surface area contributed by atoms with Gasteiger partial charge in [-0.15, -0.1) is 0 Å². The molecule has 1 aliphatic rings. The van der Waals surface area contributed by atoms with Crippen molar-refractivity contribution >= 4 is 5.69 Å². The first-order valence-electron chi connectivity index (χ1n) is 5.75. The van der Waals surface area contributed by atoms with E-state index in [4.69, 9.17) is 4.74 Å². The summed E-state index contributed by atoms with van der Waals surface area (Å²) < 4.78 is 18.1. The molecule has 0 spiro atoms. The van der Waals surface area contributed by atoms with Crippen molar-refractivity contribution in [1.29, 1.82) is 0 Å². The van der Waals surface area contributed by atoms with Crippen molar-refractivity contribution in [3.05, 3.63) is 30.1 Å². The van der Waals surface area contributed by atoms with E-state index in [2.05, 4.69) is 12.2 Å². The van der Waals surface area contributed by atoms with Crippen LogP contribution in [-0.2, 0) is 4.74 Å². The minimum absolute atomic E-state index is 0.192. The lowest BCUT2D eigenvalue weighted by Gasteiger charge is -2.33. The molecule has 0 unspecified atom stereocenters. The fourth-order valence-corrected chi connectivity index (χ4v) is 1.92. The van der Waals surface area contributed by atoms with Crippen molar-refractivity contribution in [2.75, 3.05) is 25.1 Å². The van der Waals surface area contributed by atoms with E-state index in [1.54, 1.807) is 12.1 Å². The molecule has 2 rings (SSSR count). The number of nitrogens with one attached hydrogen (secondary N) is 1. The van der Waals surface area contributed by atoms with Gasteiger partial charge in [0.05, 0.1) is 0 Å². The Morgan fingerprint density at radius 1 is 1.25 bits per heavy atom. The summed E-state index contributed by atoms with van der Waals surface area (Å²) in [5.41, 5.74) is 1.28. The fourth-order valence-electron chi connectivity index (χ4n) is 1.92. The van der Waals surface area contributed by atoms with E-state index in [0.29, 0.717) is 5.41 Å². The van der Waals surface area contributed by atoms with Gasteiger partial charge in [-0.1, -0.05) is 6.92 Å². The number of ether oxygens (including phenoxy) is 1. The summed E-state index contributed by atoms with van der Waals surface area (Å²) >= 11 is 0. The molecule has 1 heterocycles. The van der Waals surface area contributed by atoms with Crippen LogP contribution in [0.2, 0.25) is 0 Å². The van der Waals surface area contributed by atoms with Crippen LogP contribution < -0.4 is 5.32 Å². The Labute approximate surface area is 95.8 Å². The molecule has 0 atom stereocenters. The summed E-state index contributed by atoms with van der Waals surface area (Å²) in [4.78, 5) is 0. The first kappa shape index (κ1) is 11.4. The second-order valence-corrected chi connectivity index (χ2v) is 4.78. The van der Waals surface area contributed by atoms with E-state index in [9.17, 15) is 4.39 Å². The van der Waals surface area contributed by atoms with Gasteiger partial charge in [-0.3, -0.25) is 0 Å². The van der Waals surface area contributed by atoms with Crippen molar-refractivity contribution < 1.29 is 9.13 Å². The Morgan fingerprint density at radius 2 is 1.88 bits per heavy atom. The van der Waals surface area contributed by atoms with E-state index in [-0.39, 0.29) is 5.82 Å². The smallest absolute Gasteiger partial charge is 0.123 e. The molecule has 16 heavy (non-hydrogen) atoms. The van der Waals surface area contributed by atoms with E-state index < -0.39 is 0 Å². The maximum atomic E-state index is 12.7. The summed E-state index contributed by atoms with van der Waals surface area (Å²) in [6.45, 7) is 4.89. The number of anilines is 1. The first-order valence-corrected chi connectivity index (χ1v) is 5.75. The van der Waals surface area contributed by atoms with Gasteiger partial charge in [-0.2, -0.15) is 0 Å². The number of hydrogen-bond acceptors (Lipinski definition) is 2. The molecule has 1 saturated heterocycles. The average molecular weight is 223 g/mol. The van der Waals surface area contributed by atoms with Gasteiger partial charge < -0.3 is 10.1 Å². The molecule has 0 bridgehead atoms. The van der Waals surface area contributed by atoms with Gasteiger partial charge in [0.2, 0.25) is 0 Å². The summed E-state index contributed by atoms with van der Waals surface area (Å²) in [7, 11) is 0. The molecule has 1 aromatic carbocycles. The van der Waals surface area contributed by atoms with Gasteiger partial charge in [0.1, 0.15) is 5.82 Å². The fraction of sp³-hybridized carbons (Fsp3) is 0.538. The zero-order chi connectivity index (χ0) is 11.4. The monoisotopic (exact) mass is 223 g/mol. The Hall–Kier alpha value is -1.09. The minimum Gasteiger partial charge on any atom is -0.384 e. The molecule has 1 fully saturated rings. The molecule has 0 aliphatic carbocycles. The van der Waals surface area contributed by atoms with Crippen LogP contribution in [0.3, 0.4) is 0 Å². The van der Waals surface area contributed by atoms with Gasteiger partial charge in [0, 0.05) is 25.4 Å². The highest BCUT2D eigenvalue weighted by atomic mass is 19.1. The predicted octanol–water partition coefficient (Wildman–Crippen LogP) is 3.05.